The Hall–Kier alpha value is -0.980. The molecule has 0 bridgehead atoms. The zero-order valence-electron chi connectivity index (χ0n) is 9.98. The average molecular weight is 402 g/mol. The summed E-state index contributed by atoms with van der Waals surface area (Å²) < 4.78 is 1.90. The number of nitrogens with zero attached hydrogens (tertiary/aromatic N) is 1. The van der Waals surface area contributed by atoms with Gasteiger partial charge >= 0.3 is 0 Å². The Bertz CT molecular complexity index is 637. The topological polar surface area (TPSA) is 41.5 Å². The summed E-state index contributed by atoms with van der Waals surface area (Å²) >= 11 is 8.30. The smallest absolute Gasteiger partial charge is 0.267 e. The summed E-state index contributed by atoms with van der Waals surface area (Å²) in [6.45, 7) is 1.86. The Labute approximate surface area is 132 Å². The molecule has 1 N–H and O–H groups in total. The quantitative estimate of drug-likeness (QED) is 0.599. The number of amides is 1. The maximum absolute atomic E-state index is 11.9. The number of nitrogens with one attached hydrogen (secondary N) is 1. The standard InChI is InChI=1S/C13H10Br2N2OS/c1-8(11-5-6-12(15)19-11)16-17-13(18)9-3-2-4-10(14)7-9/h2-7H,1H3,(H,17,18)/b16-8+. The van der Waals surface area contributed by atoms with Gasteiger partial charge in [-0.15, -0.1) is 11.3 Å². The van der Waals surface area contributed by atoms with E-state index in [1.807, 2.05) is 31.2 Å². The van der Waals surface area contributed by atoms with Gasteiger partial charge in [0.05, 0.1) is 14.4 Å². The largest absolute Gasteiger partial charge is 0.271 e. The van der Waals surface area contributed by atoms with E-state index in [4.69, 9.17) is 0 Å². The van der Waals surface area contributed by atoms with Crippen LogP contribution in [0, 0.1) is 0 Å². The molecular formula is C13H10Br2N2OS. The second-order valence-corrected chi connectivity index (χ2v) is 7.13. The molecule has 0 unspecified atom stereocenters. The third-order valence-electron chi connectivity index (χ3n) is 2.34. The molecular weight excluding hydrogens is 392 g/mol. The molecule has 1 aromatic heterocycles. The highest BCUT2D eigenvalue weighted by Crippen LogP contribution is 2.22. The zero-order chi connectivity index (χ0) is 13.8. The molecule has 0 saturated carbocycles. The van der Waals surface area contributed by atoms with E-state index in [1.165, 1.54) is 0 Å². The minimum Gasteiger partial charge on any atom is -0.267 e. The van der Waals surface area contributed by atoms with Gasteiger partial charge in [0, 0.05) is 10.0 Å². The van der Waals surface area contributed by atoms with Crippen molar-refractivity contribution >= 4 is 54.8 Å². The molecule has 0 aliphatic heterocycles. The fourth-order valence-electron chi connectivity index (χ4n) is 1.39. The molecule has 98 valence electrons. The lowest BCUT2D eigenvalue weighted by molar-refractivity contribution is 0.0955. The van der Waals surface area contributed by atoms with Crippen LogP contribution in [0.4, 0.5) is 0 Å². The number of benzene rings is 1. The SMILES string of the molecule is C/C(=N\NC(=O)c1cccc(Br)c1)c1ccc(Br)s1. The van der Waals surface area contributed by atoms with E-state index in [9.17, 15) is 4.79 Å². The van der Waals surface area contributed by atoms with Gasteiger partial charge in [-0.3, -0.25) is 4.79 Å². The highest BCUT2D eigenvalue weighted by atomic mass is 79.9. The minimum absolute atomic E-state index is 0.226. The van der Waals surface area contributed by atoms with Crippen LogP contribution < -0.4 is 5.43 Å². The van der Waals surface area contributed by atoms with E-state index >= 15 is 0 Å². The molecule has 6 heteroatoms. The lowest BCUT2D eigenvalue weighted by atomic mass is 10.2. The molecule has 0 aliphatic rings. The van der Waals surface area contributed by atoms with Crippen LogP contribution in [-0.2, 0) is 0 Å². The molecule has 1 amide bonds. The van der Waals surface area contributed by atoms with Crippen LogP contribution in [0.3, 0.4) is 0 Å². The van der Waals surface area contributed by atoms with Crippen LogP contribution in [0.25, 0.3) is 0 Å². The third kappa shape index (κ3) is 3.99. The molecule has 1 aromatic carbocycles. The van der Waals surface area contributed by atoms with Crippen molar-refractivity contribution in [3.63, 3.8) is 0 Å². The molecule has 0 saturated heterocycles. The van der Waals surface area contributed by atoms with Crippen LogP contribution in [0.1, 0.15) is 22.2 Å². The molecule has 0 fully saturated rings. The Morgan fingerprint density at radius 1 is 1.26 bits per heavy atom. The fourth-order valence-corrected chi connectivity index (χ4v) is 3.12. The lowest BCUT2D eigenvalue weighted by Crippen LogP contribution is -2.19. The van der Waals surface area contributed by atoms with Gasteiger partial charge in [0.2, 0.25) is 0 Å². The maximum Gasteiger partial charge on any atom is 0.271 e. The van der Waals surface area contributed by atoms with Crippen molar-refractivity contribution in [2.24, 2.45) is 5.10 Å². The predicted molar refractivity (Wildman–Crippen MR) is 85.8 cm³/mol. The number of halogens is 2. The molecule has 0 spiro atoms. The van der Waals surface area contributed by atoms with E-state index in [0.29, 0.717) is 5.56 Å². The Kier molecular flexibility index (Phi) is 4.90. The van der Waals surface area contributed by atoms with Crippen molar-refractivity contribution in [1.29, 1.82) is 0 Å². The first-order valence-electron chi connectivity index (χ1n) is 5.42. The van der Waals surface area contributed by atoms with Crippen molar-refractivity contribution in [2.45, 2.75) is 6.92 Å². The van der Waals surface area contributed by atoms with Gasteiger partial charge in [0.1, 0.15) is 0 Å². The van der Waals surface area contributed by atoms with Crippen LogP contribution in [0.2, 0.25) is 0 Å². The third-order valence-corrected chi connectivity index (χ3v) is 4.57. The molecule has 2 rings (SSSR count). The first kappa shape index (κ1) is 14.4. The fraction of sp³-hybridized carbons (Fsp3) is 0.0769. The number of hydrazone groups is 1. The summed E-state index contributed by atoms with van der Waals surface area (Å²) in [6.07, 6.45) is 0. The van der Waals surface area contributed by atoms with Gasteiger partial charge in [-0.05, 0) is 53.2 Å². The highest BCUT2D eigenvalue weighted by molar-refractivity contribution is 9.11. The molecule has 19 heavy (non-hydrogen) atoms. The van der Waals surface area contributed by atoms with Crippen LogP contribution >= 0.6 is 43.2 Å². The Morgan fingerprint density at radius 3 is 2.68 bits per heavy atom. The molecule has 2 aromatic rings. The van der Waals surface area contributed by atoms with E-state index < -0.39 is 0 Å². The van der Waals surface area contributed by atoms with Crippen LogP contribution in [0.5, 0.6) is 0 Å². The first-order valence-corrected chi connectivity index (χ1v) is 7.82. The summed E-state index contributed by atoms with van der Waals surface area (Å²) in [5.41, 5.74) is 3.90. The Morgan fingerprint density at radius 2 is 2.05 bits per heavy atom. The second kappa shape index (κ2) is 6.45. The van der Waals surface area contributed by atoms with Gasteiger partial charge in [0.25, 0.3) is 5.91 Å². The maximum atomic E-state index is 11.9. The highest BCUT2D eigenvalue weighted by Gasteiger charge is 2.06. The number of hydrogen-bond acceptors (Lipinski definition) is 3. The number of carbonyl (C=O) groups is 1. The number of thiophene rings is 1. The summed E-state index contributed by atoms with van der Waals surface area (Å²) in [5, 5.41) is 4.11. The van der Waals surface area contributed by atoms with Crippen LogP contribution in [0.15, 0.2) is 49.8 Å². The van der Waals surface area contributed by atoms with Crippen molar-refractivity contribution in [3.05, 3.63) is 55.1 Å². The minimum atomic E-state index is -0.226. The molecule has 0 atom stereocenters. The van der Waals surface area contributed by atoms with E-state index in [2.05, 4.69) is 42.4 Å². The van der Waals surface area contributed by atoms with Crippen molar-refractivity contribution in [1.82, 2.24) is 5.43 Å². The van der Waals surface area contributed by atoms with Gasteiger partial charge in [-0.2, -0.15) is 5.10 Å². The number of hydrogen-bond donors (Lipinski definition) is 1. The molecule has 0 aliphatic carbocycles. The van der Waals surface area contributed by atoms with Crippen molar-refractivity contribution in [2.75, 3.05) is 0 Å². The van der Waals surface area contributed by atoms with Crippen LogP contribution in [-0.4, -0.2) is 11.6 Å². The normalized spacial score (nSPS) is 11.4. The van der Waals surface area contributed by atoms with E-state index in [-0.39, 0.29) is 5.91 Å². The van der Waals surface area contributed by atoms with Crippen molar-refractivity contribution < 1.29 is 4.79 Å². The molecule has 0 radical (unpaired) electrons. The second-order valence-electron chi connectivity index (χ2n) is 3.75. The van der Waals surface area contributed by atoms with Gasteiger partial charge in [-0.25, -0.2) is 5.43 Å². The lowest BCUT2D eigenvalue weighted by Gasteiger charge is -2.01. The number of carbonyl (C=O) groups excluding carboxylic acids is 1. The predicted octanol–water partition coefficient (Wildman–Crippen LogP) is 4.43. The Balaban J connectivity index is 2.07. The number of rotatable bonds is 3. The van der Waals surface area contributed by atoms with E-state index in [1.54, 1.807) is 23.5 Å². The monoisotopic (exact) mass is 400 g/mol. The first-order chi connectivity index (χ1) is 9.06. The van der Waals surface area contributed by atoms with Crippen molar-refractivity contribution in [3.8, 4) is 0 Å². The summed E-state index contributed by atoms with van der Waals surface area (Å²) in [7, 11) is 0. The summed E-state index contributed by atoms with van der Waals surface area (Å²) in [6, 6.07) is 11.1. The summed E-state index contributed by atoms with van der Waals surface area (Å²) in [5.74, 6) is -0.226. The van der Waals surface area contributed by atoms with Gasteiger partial charge in [-0.1, -0.05) is 22.0 Å². The van der Waals surface area contributed by atoms with E-state index in [0.717, 1.165) is 18.8 Å². The zero-order valence-corrected chi connectivity index (χ0v) is 14.0. The molecule has 1 heterocycles. The van der Waals surface area contributed by atoms with Gasteiger partial charge in [0.15, 0.2) is 0 Å². The average Bonchev–Trinajstić information content (AvgIpc) is 2.82. The van der Waals surface area contributed by atoms with Gasteiger partial charge < -0.3 is 0 Å². The molecule has 3 nitrogen and oxygen atoms in total. The summed E-state index contributed by atoms with van der Waals surface area (Å²) in [4.78, 5) is 12.9.